The monoisotopic (exact) mass is 390 g/mol. The third-order valence-corrected chi connectivity index (χ3v) is 5.41. The second-order valence-electron chi connectivity index (χ2n) is 7.44. The number of unbranched alkanes of at least 4 members (excludes halogenated alkanes) is 3. The number of rotatable bonds is 13. The number of alkyl halides is 1. The molecule has 0 bridgehead atoms. The SMILES string of the molecule is CCCCC(CC)COc1ccc(OCCCCCCl)c2cc(C)ccc12. The van der Waals surface area contributed by atoms with Gasteiger partial charge in [-0.25, -0.2) is 0 Å². The summed E-state index contributed by atoms with van der Waals surface area (Å²) in [6.07, 6.45) is 8.13. The van der Waals surface area contributed by atoms with Crippen LogP contribution < -0.4 is 9.47 Å². The molecule has 0 aliphatic rings. The third-order valence-electron chi connectivity index (χ3n) is 5.15. The van der Waals surface area contributed by atoms with Crippen LogP contribution in [0, 0.1) is 12.8 Å². The van der Waals surface area contributed by atoms with Gasteiger partial charge in [0.2, 0.25) is 0 Å². The van der Waals surface area contributed by atoms with Crippen LogP contribution in [0.25, 0.3) is 10.8 Å². The van der Waals surface area contributed by atoms with Gasteiger partial charge in [-0.3, -0.25) is 0 Å². The molecule has 1 unspecified atom stereocenters. The van der Waals surface area contributed by atoms with Gasteiger partial charge in [0.1, 0.15) is 11.5 Å². The van der Waals surface area contributed by atoms with E-state index in [9.17, 15) is 0 Å². The van der Waals surface area contributed by atoms with Crippen molar-refractivity contribution < 1.29 is 9.47 Å². The highest BCUT2D eigenvalue weighted by atomic mass is 35.5. The Labute approximate surface area is 170 Å². The van der Waals surface area contributed by atoms with Crippen molar-refractivity contribution in [3.8, 4) is 11.5 Å². The molecule has 0 saturated carbocycles. The third kappa shape index (κ3) is 6.92. The summed E-state index contributed by atoms with van der Waals surface area (Å²) in [5.74, 6) is 3.27. The fraction of sp³-hybridized carbons (Fsp3) is 0.583. The van der Waals surface area contributed by atoms with E-state index in [0.717, 1.165) is 60.6 Å². The van der Waals surface area contributed by atoms with Gasteiger partial charge in [-0.05, 0) is 56.7 Å². The molecule has 0 heterocycles. The molecule has 2 aromatic rings. The molecule has 27 heavy (non-hydrogen) atoms. The summed E-state index contributed by atoms with van der Waals surface area (Å²) in [6, 6.07) is 10.6. The maximum absolute atomic E-state index is 6.25. The summed E-state index contributed by atoms with van der Waals surface area (Å²) in [5, 5.41) is 2.29. The standard InChI is InChI=1S/C24H35ClO2/c1-4-6-10-20(5-2)18-27-23-13-14-24(26-16-9-7-8-15-25)22-17-19(3)11-12-21(22)23/h11-14,17,20H,4-10,15-16,18H2,1-3H3. The lowest BCUT2D eigenvalue weighted by molar-refractivity contribution is 0.235. The molecule has 0 fully saturated rings. The first-order valence-corrected chi connectivity index (χ1v) is 11.1. The summed E-state index contributed by atoms with van der Waals surface area (Å²) in [5.41, 5.74) is 1.24. The van der Waals surface area contributed by atoms with E-state index in [-0.39, 0.29) is 0 Å². The van der Waals surface area contributed by atoms with E-state index in [0.29, 0.717) is 5.92 Å². The van der Waals surface area contributed by atoms with Crippen molar-refractivity contribution in [3.63, 3.8) is 0 Å². The molecule has 0 aromatic heterocycles. The molecule has 3 heteroatoms. The minimum absolute atomic E-state index is 0.628. The second kappa shape index (κ2) is 12.1. The molecule has 0 aliphatic carbocycles. The van der Waals surface area contributed by atoms with E-state index in [1.807, 2.05) is 0 Å². The van der Waals surface area contributed by atoms with E-state index in [1.54, 1.807) is 0 Å². The average Bonchev–Trinajstić information content (AvgIpc) is 2.68. The lowest BCUT2D eigenvalue weighted by Gasteiger charge is -2.18. The summed E-state index contributed by atoms with van der Waals surface area (Å²) < 4.78 is 12.3. The van der Waals surface area contributed by atoms with Gasteiger partial charge in [-0.2, -0.15) is 0 Å². The van der Waals surface area contributed by atoms with Gasteiger partial charge >= 0.3 is 0 Å². The van der Waals surface area contributed by atoms with Crippen LogP contribution in [0.15, 0.2) is 30.3 Å². The predicted molar refractivity (Wildman–Crippen MR) is 118 cm³/mol. The van der Waals surface area contributed by atoms with Gasteiger partial charge in [0.25, 0.3) is 0 Å². The maximum Gasteiger partial charge on any atom is 0.127 e. The highest BCUT2D eigenvalue weighted by molar-refractivity contribution is 6.17. The Kier molecular flexibility index (Phi) is 9.83. The van der Waals surface area contributed by atoms with Crippen LogP contribution in [0.1, 0.15) is 64.4 Å². The van der Waals surface area contributed by atoms with Crippen LogP contribution in [-0.2, 0) is 0 Å². The maximum atomic E-state index is 6.25. The minimum Gasteiger partial charge on any atom is -0.493 e. The molecule has 2 nitrogen and oxygen atoms in total. The van der Waals surface area contributed by atoms with E-state index in [1.165, 1.54) is 31.2 Å². The molecule has 0 amide bonds. The van der Waals surface area contributed by atoms with E-state index in [2.05, 4.69) is 51.1 Å². The molecular formula is C24H35ClO2. The topological polar surface area (TPSA) is 18.5 Å². The molecule has 0 aliphatic heterocycles. The summed E-state index contributed by atoms with van der Waals surface area (Å²) >= 11 is 5.75. The fourth-order valence-electron chi connectivity index (χ4n) is 3.32. The van der Waals surface area contributed by atoms with E-state index >= 15 is 0 Å². The lowest BCUT2D eigenvalue weighted by atomic mass is 10.0. The summed E-state index contributed by atoms with van der Waals surface area (Å²) in [6.45, 7) is 8.15. The second-order valence-corrected chi connectivity index (χ2v) is 7.81. The van der Waals surface area contributed by atoms with Gasteiger partial charge in [0.15, 0.2) is 0 Å². The molecule has 1 atom stereocenters. The van der Waals surface area contributed by atoms with Crippen molar-refractivity contribution in [1.29, 1.82) is 0 Å². The van der Waals surface area contributed by atoms with Crippen molar-refractivity contribution in [2.24, 2.45) is 5.92 Å². The zero-order chi connectivity index (χ0) is 19.5. The smallest absolute Gasteiger partial charge is 0.127 e. The van der Waals surface area contributed by atoms with Gasteiger partial charge < -0.3 is 9.47 Å². The number of aryl methyl sites for hydroxylation is 1. The quantitative estimate of drug-likeness (QED) is 0.260. The predicted octanol–water partition coefficient (Wildman–Crippen LogP) is 7.53. The fourth-order valence-corrected chi connectivity index (χ4v) is 3.51. The molecule has 2 rings (SSSR count). The summed E-state index contributed by atoms with van der Waals surface area (Å²) in [7, 11) is 0. The first-order chi connectivity index (χ1) is 13.2. The van der Waals surface area contributed by atoms with E-state index < -0.39 is 0 Å². The van der Waals surface area contributed by atoms with Crippen LogP contribution in [0.5, 0.6) is 11.5 Å². The highest BCUT2D eigenvalue weighted by Gasteiger charge is 2.11. The zero-order valence-corrected chi connectivity index (χ0v) is 18.0. The Morgan fingerprint density at radius 3 is 2.37 bits per heavy atom. The molecule has 0 spiro atoms. The van der Waals surface area contributed by atoms with E-state index in [4.69, 9.17) is 21.1 Å². The zero-order valence-electron chi connectivity index (χ0n) is 17.2. The van der Waals surface area contributed by atoms with Crippen LogP contribution in [0.3, 0.4) is 0 Å². The number of hydrogen-bond donors (Lipinski definition) is 0. The molecular weight excluding hydrogens is 356 g/mol. The van der Waals surface area contributed by atoms with Gasteiger partial charge in [-0.1, -0.05) is 50.8 Å². The van der Waals surface area contributed by atoms with Crippen molar-refractivity contribution in [2.45, 2.75) is 65.7 Å². The van der Waals surface area contributed by atoms with Gasteiger partial charge in [0.05, 0.1) is 13.2 Å². The van der Waals surface area contributed by atoms with Crippen molar-refractivity contribution in [1.82, 2.24) is 0 Å². The minimum atomic E-state index is 0.628. The number of benzene rings is 2. The Hall–Kier alpha value is -1.41. The molecule has 0 saturated heterocycles. The van der Waals surface area contributed by atoms with Crippen LogP contribution in [-0.4, -0.2) is 19.1 Å². The van der Waals surface area contributed by atoms with Crippen LogP contribution in [0.2, 0.25) is 0 Å². The van der Waals surface area contributed by atoms with Crippen molar-refractivity contribution in [3.05, 3.63) is 35.9 Å². The van der Waals surface area contributed by atoms with Gasteiger partial charge in [0, 0.05) is 16.7 Å². The molecule has 0 N–H and O–H groups in total. The molecule has 0 radical (unpaired) electrons. The Morgan fingerprint density at radius 2 is 1.67 bits per heavy atom. The first-order valence-electron chi connectivity index (χ1n) is 10.5. The normalized spacial score (nSPS) is 12.3. The number of hydrogen-bond acceptors (Lipinski definition) is 2. The summed E-state index contributed by atoms with van der Waals surface area (Å²) in [4.78, 5) is 0. The van der Waals surface area contributed by atoms with Crippen molar-refractivity contribution in [2.75, 3.05) is 19.1 Å². The molecule has 150 valence electrons. The number of ether oxygens (including phenoxy) is 2. The average molecular weight is 391 g/mol. The number of halogens is 1. The largest absolute Gasteiger partial charge is 0.493 e. The molecule has 2 aromatic carbocycles. The first kappa shape index (κ1) is 21.9. The Bertz CT molecular complexity index is 683. The Morgan fingerprint density at radius 1 is 0.889 bits per heavy atom. The number of fused-ring (bicyclic) bond motifs is 1. The van der Waals surface area contributed by atoms with Crippen LogP contribution in [0.4, 0.5) is 0 Å². The highest BCUT2D eigenvalue weighted by Crippen LogP contribution is 2.34. The van der Waals surface area contributed by atoms with Crippen molar-refractivity contribution >= 4 is 22.4 Å². The Balaban J connectivity index is 2.10. The van der Waals surface area contributed by atoms with Gasteiger partial charge in [-0.15, -0.1) is 11.6 Å². The van der Waals surface area contributed by atoms with Crippen LogP contribution >= 0.6 is 11.6 Å². The lowest BCUT2D eigenvalue weighted by Crippen LogP contribution is -2.11.